The van der Waals surface area contributed by atoms with Crippen molar-refractivity contribution in [1.29, 1.82) is 0 Å². The van der Waals surface area contributed by atoms with Crippen molar-refractivity contribution >= 4 is 17.6 Å². The maximum absolute atomic E-state index is 12.1. The van der Waals surface area contributed by atoms with Gasteiger partial charge in [-0.15, -0.1) is 0 Å². The molecule has 1 saturated heterocycles. The first kappa shape index (κ1) is 20.7. The number of aliphatic hydroxyl groups excluding tert-OH is 2. The fourth-order valence-corrected chi connectivity index (χ4v) is 3.01. The molecule has 9 heteroatoms. The molecule has 0 aliphatic carbocycles. The van der Waals surface area contributed by atoms with Gasteiger partial charge < -0.3 is 30.9 Å². The lowest BCUT2D eigenvalue weighted by Gasteiger charge is -2.15. The van der Waals surface area contributed by atoms with Gasteiger partial charge in [-0.2, -0.15) is 0 Å². The molecule has 1 aromatic carbocycles. The quantitative estimate of drug-likeness (QED) is 0.457. The molecule has 154 valence electrons. The van der Waals surface area contributed by atoms with E-state index in [0.29, 0.717) is 12.2 Å². The normalized spacial score (nSPS) is 23.4. The van der Waals surface area contributed by atoms with Crippen LogP contribution in [0.2, 0.25) is 0 Å². The van der Waals surface area contributed by atoms with Gasteiger partial charge in [0, 0.05) is 31.2 Å². The fraction of sp³-hybridized carbons (Fsp3) is 0.350. The lowest BCUT2D eigenvalue weighted by atomic mass is 10.1. The number of aliphatic hydroxyl groups is 2. The van der Waals surface area contributed by atoms with Gasteiger partial charge in [0.2, 0.25) is 5.91 Å². The molecule has 0 radical (unpaired) electrons. The topological polar surface area (TPSA) is 133 Å². The molecule has 5 N–H and O–H groups in total. The third kappa shape index (κ3) is 5.98. The number of benzene rings is 1. The van der Waals surface area contributed by atoms with Gasteiger partial charge >= 0.3 is 6.03 Å². The van der Waals surface area contributed by atoms with E-state index < -0.39 is 30.4 Å². The Hall–Kier alpha value is -3.01. The van der Waals surface area contributed by atoms with Crippen molar-refractivity contribution in [3.63, 3.8) is 0 Å². The van der Waals surface area contributed by atoms with Crippen molar-refractivity contribution in [1.82, 2.24) is 15.6 Å². The number of carbonyl (C=O) groups is 2. The van der Waals surface area contributed by atoms with E-state index in [1.165, 1.54) is 0 Å². The summed E-state index contributed by atoms with van der Waals surface area (Å²) in [5.74, 6) is -0.319. The summed E-state index contributed by atoms with van der Waals surface area (Å²) in [7, 11) is 0. The first-order valence-electron chi connectivity index (χ1n) is 9.30. The van der Waals surface area contributed by atoms with Gasteiger partial charge in [0.15, 0.2) is 0 Å². The van der Waals surface area contributed by atoms with Crippen LogP contribution in [0.5, 0.6) is 0 Å². The first-order valence-corrected chi connectivity index (χ1v) is 9.30. The molecular weight excluding hydrogens is 376 g/mol. The molecular formula is C20H24N4O5. The Labute approximate surface area is 168 Å². The monoisotopic (exact) mass is 400 g/mol. The van der Waals surface area contributed by atoms with Gasteiger partial charge in [0.05, 0.1) is 12.5 Å². The molecule has 2 aromatic rings. The number of para-hydroxylation sites is 1. The number of amides is 3. The number of nitrogens with one attached hydrogen (secondary N) is 3. The number of nitrogens with zero attached hydrogens (tertiary/aromatic N) is 1. The van der Waals surface area contributed by atoms with E-state index in [0.717, 1.165) is 5.56 Å². The maximum Gasteiger partial charge on any atom is 0.319 e. The van der Waals surface area contributed by atoms with Crippen LogP contribution in [0.4, 0.5) is 10.5 Å². The number of pyridine rings is 1. The van der Waals surface area contributed by atoms with Gasteiger partial charge in [0.25, 0.3) is 0 Å². The summed E-state index contributed by atoms with van der Waals surface area (Å²) in [5.41, 5.74) is 1.47. The summed E-state index contributed by atoms with van der Waals surface area (Å²) in [4.78, 5) is 28.0. The molecule has 29 heavy (non-hydrogen) atoms. The van der Waals surface area contributed by atoms with Crippen LogP contribution in [0, 0.1) is 0 Å². The van der Waals surface area contributed by atoms with Crippen molar-refractivity contribution in [2.75, 3.05) is 11.9 Å². The lowest BCUT2D eigenvalue weighted by Crippen LogP contribution is -2.41. The highest BCUT2D eigenvalue weighted by atomic mass is 16.5. The Morgan fingerprint density at radius 1 is 1.00 bits per heavy atom. The van der Waals surface area contributed by atoms with Crippen LogP contribution in [0.3, 0.4) is 0 Å². The molecule has 2 heterocycles. The predicted octanol–water partition coefficient (Wildman–Crippen LogP) is 0.399. The number of hydrogen-bond donors (Lipinski definition) is 5. The van der Waals surface area contributed by atoms with Gasteiger partial charge in [-0.05, 0) is 23.8 Å². The fourth-order valence-electron chi connectivity index (χ4n) is 3.01. The highest BCUT2D eigenvalue weighted by Crippen LogP contribution is 2.23. The summed E-state index contributed by atoms with van der Waals surface area (Å²) >= 11 is 0. The smallest absolute Gasteiger partial charge is 0.319 e. The van der Waals surface area contributed by atoms with Crippen LogP contribution >= 0.6 is 0 Å². The zero-order valence-corrected chi connectivity index (χ0v) is 15.7. The van der Waals surface area contributed by atoms with Crippen LogP contribution in [0.1, 0.15) is 12.0 Å². The average molecular weight is 400 g/mol. The third-order valence-electron chi connectivity index (χ3n) is 4.56. The Morgan fingerprint density at radius 2 is 1.76 bits per heavy atom. The van der Waals surface area contributed by atoms with Crippen molar-refractivity contribution in [2.24, 2.45) is 0 Å². The molecule has 1 aliphatic heterocycles. The molecule has 9 nitrogen and oxygen atoms in total. The average Bonchev–Trinajstić information content (AvgIpc) is 3.00. The molecule has 4 unspecified atom stereocenters. The SMILES string of the molecule is O=C(CC1OC(CNC(=O)Nc2ccccc2)C(O)C1O)NCc1cccnc1. The standard InChI is InChI=1S/C20H24N4O5/c25-17(22-11-13-5-4-8-21-10-13)9-15-18(26)19(27)16(29-15)12-23-20(28)24-14-6-2-1-3-7-14/h1-8,10,15-16,18-19,26-27H,9,11-12H2,(H,22,25)(H2,23,24,28). The molecule has 1 aliphatic rings. The second kappa shape index (κ2) is 9.97. The number of ether oxygens (including phenoxy) is 1. The predicted molar refractivity (Wildman–Crippen MR) is 105 cm³/mol. The second-order valence-corrected chi connectivity index (χ2v) is 6.74. The first-order chi connectivity index (χ1) is 14.0. The zero-order valence-electron chi connectivity index (χ0n) is 15.7. The Morgan fingerprint density at radius 3 is 2.48 bits per heavy atom. The summed E-state index contributed by atoms with van der Waals surface area (Å²) < 4.78 is 5.59. The van der Waals surface area contributed by atoms with Crippen LogP contribution in [0.25, 0.3) is 0 Å². The van der Waals surface area contributed by atoms with Gasteiger partial charge in [-0.25, -0.2) is 4.79 Å². The van der Waals surface area contributed by atoms with Crippen molar-refractivity contribution in [3.8, 4) is 0 Å². The van der Waals surface area contributed by atoms with Crippen LogP contribution in [-0.2, 0) is 16.1 Å². The van der Waals surface area contributed by atoms with Crippen molar-refractivity contribution in [2.45, 2.75) is 37.4 Å². The Kier molecular flexibility index (Phi) is 7.12. The van der Waals surface area contributed by atoms with Crippen molar-refractivity contribution in [3.05, 3.63) is 60.4 Å². The van der Waals surface area contributed by atoms with E-state index in [1.54, 1.807) is 42.7 Å². The minimum Gasteiger partial charge on any atom is -0.388 e. The second-order valence-electron chi connectivity index (χ2n) is 6.74. The molecule has 3 amide bonds. The molecule has 0 spiro atoms. The molecule has 0 bridgehead atoms. The Balaban J connectivity index is 1.43. The van der Waals surface area contributed by atoms with E-state index >= 15 is 0 Å². The zero-order chi connectivity index (χ0) is 20.6. The highest BCUT2D eigenvalue weighted by Gasteiger charge is 2.43. The van der Waals surface area contributed by atoms with Crippen LogP contribution < -0.4 is 16.0 Å². The highest BCUT2D eigenvalue weighted by molar-refractivity contribution is 5.89. The van der Waals surface area contributed by atoms with Crippen LogP contribution in [0.15, 0.2) is 54.9 Å². The largest absolute Gasteiger partial charge is 0.388 e. The number of hydrogen-bond acceptors (Lipinski definition) is 6. The minimum absolute atomic E-state index is 0.00923. The molecule has 1 fully saturated rings. The summed E-state index contributed by atoms with van der Waals surface area (Å²) in [6.07, 6.45) is -0.918. The van der Waals surface area contributed by atoms with E-state index in [-0.39, 0.29) is 18.9 Å². The van der Waals surface area contributed by atoms with Crippen LogP contribution in [-0.4, -0.2) is 58.1 Å². The van der Waals surface area contributed by atoms with Gasteiger partial charge in [-0.1, -0.05) is 24.3 Å². The maximum atomic E-state index is 12.1. The molecule has 1 aromatic heterocycles. The Bertz CT molecular complexity index is 805. The lowest BCUT2D eigenvalue weighted by molar-refractivity contribution is -0.125. The summed E-state index contributed by atoms with van der Waals surface area (Å²) in [6, 6.07) is 12.0. The van der Waals surface area contributed by atoms with Crippen molar-refractivity contribution < 1.29 is 24.5 Å². The summed E-state index contributed by atoms with van der Waals surface area (Å²) in [6.45, 7) is 0.299. The van der Waals surface area contributed by atoms with E-state index in [4.69, 9.17) is 4.74 Å². The number of carbonyl (C=O) groups excluding carboxylic acids is 2. The number of aromatic nitrogens is 1. The number of anilines is 1. The molecule has 3 rings (SSSR count). The van der Waals surface area contributed by atoms with E-state index in [1.807, 2.05) is 12.1 Å². The number of rotatable bonds is 7. The van der Waals surface area contributed by atoms with E-state index in [2.05, 4.69) is 20.9 Å². The third-order valence-corrected chi connectivity index (χ3v) is 4.56. The molecule has 0 saturated carbocycles. The van der Waals surface area contributed by atoms with E-state index in [9.17, 15) is 19.8 Å². The van der Waals surface area contributed by atoms with Gasteiger partial charge in [-0.3, -0.25) is 9.78 Å². The summed E-state index contributed by atoms with van der Waals surface area (Å²) in [5, 5.41) is 28.3. The minimum atomic E-state index is -1.22. The van der Waals surface area contributed by atoms with Gasteiger partial charge in [0.1, 0.15) is 18.3 Å². The molecule has 4 atom stereocenters. The number of urea groups is 1.